The second kappa shape index (κ2) is 4.22. The van der Waals surface area contributed by atoms with Crippen LogP contribution >= 0.6 is 0 Å². The van der Waals surface area contributed by atoms with Crippen molar-refractivity contribution < 1.29 is 9.63 Å². The van der Waals surface area contributed by atoms with Gasteiger partial charge < -0.3 is 14.9 Å². The Hall–Kier alpha value is -1.81. The third-order valence-corrected chi connectivity index (χ3v) is 3.22. The van der Waals surface area contributed by atoms with E-state index in [2.05, 4.69) is 10.5 Å². The van der Waals surface area contributed by atoms with Gasteiger partial charge in [-0.05, 0) is 19.0 Å². The van der Waals surface area contributed by atoms with Gasteiger partial charge in [-0.25, -0.2) is 0 Å². The molecule has 4 nitrogen and oxygen atoms in total. The lowest BCUT2D eigenvalue weighted by atomic mass is 9.97. The number of phenols is 1. The highest BCUT2D eigenvalue weighted by Gasteiger charge is 2.25. The fourth-order valence-corrected chi connectivity index (χ4v) is 2.33. The molecule has 17 heavy (non-hydrogen) atoms. The first-order valence-corrected chi connectivity index (χ1v) is 5.80. The smallest absolute Gasteiger partial charge is 0.149 e. The molecule has 0 bridgehead atoms. The summed E-state index contributed by atoms with van der Waals surface area (Å²) in [6.07, 6.45) is 2.73. The van der Waals surface area contributed by atoms with Gasteiger partial charge in [0.1, 0.15) is 11.5 Å². The van der Waals surface area contributed by atoms with Crippen molar-refractivity contribution in [3.05, 3.63) is 36.2 Å². The molecule has 0 amide bonds. The number of aromatic hydroxyl groups is 1. The maximum Gasteiger partial charge on any atom is 0.149 e. The van der Waals surface area contributed by atoms with Crippen molar-refractivity contribution in [2.75, 3.05) is 13.1 Å². The van der Waals surface area contributed by atoms with E-state index in [-0.39, 0.29) is 5.75 Å². The van der Waals surface area contributed by atoms with Crippen LogP contribution in [-0.2, 0) is 0 Å². The molecule has 1 aromatic carbocycles. The number of aromatic nitrogens is 1. The van der Waals surface area contributed by atoms with Crippen LogP contribution in [0.15, 0.2) is 35.0 Å². The zero-order chi connectivity index (χ0) is 11.7. The minimum absolute atomic E-state index is 0.267. The first-order valence-electron chi connectivity index (χ1n) is 5.80. The highest BCUT2D eigenvalue weighted by Crippen LogP contribution is 2.36. The Labute approximate surface area is 99.3 Å². The molecule has 1 unspecified atom stereocenters. The highest BCUT2D eigenvalue weighted by molar-refractivity contribution is 5.71. The zero-order valence-electron chi connectivity index (χ0n) is 9.39. The van der Waals surface area contributed by atoms with Crippen molar-refractivity contribution in [3.63, 3.8) is 0 Å². The molecular formula is C13H14N2O2. The first-order chi connectivity index (χ1) is 8.36. The van der Waals surface area contributed by atoms with Gasteiger partial charge in [-0.15, -0.1) is 0 Å². The molecule has 1 aliphatic rings. The standard InChI is InChI=1S/C13H14N2O2/c16-12-4-2-1-3-10(12)11-8-15-17-13(11)9-5-6-14-7-9/h1-4,8-9,14,16H,5-7H2. The summed E-state index contributed by atoms with van der Waals surface area (Å²) < 4.78 is 5.36. The maximum absolute atomic E-state index is 9.86. The van der Waals surface area contributed by atoms with Crippen LogP contribution in [0.5, 0.6) is 5.75 Å². The molecule has 3 rings (SSSR count). The first kappa shape index (κ1) is 10.4. The van der Waals surface area contributed by atoms with E-state index < -0.39 is 0 Å². The zero-order valence-corrected chi connectivity index (χ0v) is 9.39. The summed E-state index contributed by atoms with van der Waals surface area (Å²) in [5, 5.41) is 17.0. The molecule has 0 radical (unpaired) electrons. The minimum atomic E-state index is 0.267. The molecule has 4 heteroatoms. The number of hydrogen-bond donors (Lipinski definition) is 2. The van der Waals surface area contributed by atoms with Crippen LogP contribution in [0, 0.1) is 0 Å². The van der Waals surface area contributed by atoms with Gasteiger partial charge in [-0.2, -0.15) is 0 Å². The topological polar surface area (TPSA) is 58.3 Å². The van der Waals surface area contributed by atoms with Crippen LogP contribution in [0.25, 0.3) is 11.1 Å². The monoisotopic (exact) mass is 230 g/mol. The van der Waals surface area contributed by atoms with E-state index in [1.54, 1.807) is 12.3 Å². The fourth-order valence-electron chi connectivity index (χ4n) is 2.33. The average Bonchev–Trinajstić information content (AvgIpc) is 3.00. The maximum atomic E-state index is 9.86. The van der Waals surface area contributed by atoms with Crippen LogP contribution in [0.3, 0.4) is 0 Å². The van der Waals surface area contributed by atoms with Crippen LogP contribution < -0.4 is 5.32 Å². The van der Waals surface area contributed by atoms with E-state index in [9.17, 15) is 5.11 Å². The number of para-hydroxylation sites is 1. The fraction of sp³-hybridized carbons (Fsp3) is 0.308. The lowest BCUT2D eigenvalue weighted by Gasteiger charge is -2.07. The van der Waals surface area contributed by atoms with E-state index in [0.29, 0.717) is 5.92 Å². The number of phenolic OH excluding ortho intramolecular Hbond substituents is 1. The summed E-state index contributed by atoms with van der Waals surface area (Å²) in [4.78, 5) is 0. The Balaban J connectivity index is 2.04. The van der Waals surface area contributed by atoms with Crippen LogP contribution in [0.1, 0.15) is 18.1 Å². The average molecular weight is 230 g/mol. The Morgan fingerprint density at radius 2 is 2.18 bits per heavy atom. The second-order valence-corrected chi connectivity index (χ2v) is 4.31. The molecule has 88 valence electrons. The van der Waals surface area contributed by atoms with Gasteiger partial charge in [0.25, 0.3) is 0 Å². The largest absolute Gasteiger partial charge is 0.507 e. The SMILES string of the molecule is Oc1ccccc1-c1cnoc1C1CCNC1. The predicted molar refractivity (Wildman–Crippen MR) is 63.8 cm³/mol. The molecule has 1 fully saturated rings. The lowest BCUT2D eigenvalue weighted by Crippen LogP contribution is -2.07. The second-order valence-electron chi connectivity index (χ2n) is 4.31. The van der Waals surface area contributed by atoms with Gasteiger partial charge in [0.2, 0.25) is 0 Å². The highest BCUT2D eigenvalue weighted by atomic mass is 16.5. The lowest BCUT2D eigenvalue weighted by molar-refractivity contribution is 0.365. The van der Waals surface area contributed by atoms with Crippen molar-refractivity contribution in [3.8, 4) is 16.9 Å². The molecule has 1 aliphatic heterocycles. The molecule has 1 atom stereocenters. The molecule has 0 spiro atoms. The third kappa shape index (κ3) is 1.80. The molecule has 0 saturated carbocycles. The van der Waals surface area contributed by atoms with Crippen molar-refractivity contribution in [2.45, 2.75) is 12.3 Å². The van der Waals surface area contributed by atoms with Crippen LogP contribution in [0.4, 0.5) is 0 Å². The third-order valence-electron chi connectivity index (χ3n) is 3.22. The van der Waals surface area contributed by atoms with E-state index in [1.165, 1.54) is 0 Å². The number of rotatable bonds is 2. The summed E-state index contributed by atoms with van der Waals surface area (Å²) in [6.45, 7) is 1.92. The summed E-state index contributed by atoms with van der Waals surface area (Å²) in [7, 11) is 0. The van der Waals surface area contributed by atoms with Gasteiger partial charge in [-0.1, -0.05) is 23.4 Å². The van der Waals surface area contributed by atoms with E-state index in [1.807, 2.05) is 18.2 Å². The van der Waals surface area contributed by atoms with Crippen molar-refractivity contribution in [1.29, 1.82) is 0 Å². The predicted octanol–water partition coefficient (Wildman–Crippen LogP) is 2.12. The number of nitrogens with zero attached hydrogens (tertiary/aromatic N) is 1. The van der Waals surface area contributed by atoms with Gasteiger partial charge in [0.05, 0.1) is 6.20 Å². The van der Waals surface area contributed by atoms with Crippen LogP contribution in [-0.4, -0.2) is 23.4 Å². The summed E-state index contributed by atoms with van der Waals surface area (Å²) in [6, 6.07) is 7.27. The van der Waals surface area contributed by atoms with Crippen molar-refractivity contribution in [1.82, 2.24) is 10.5 Å². The van der Waals surface area contributed by atoms with E-state index in [0.717, 1.165) is 36.4 Å². The van der Waals surface area contributed by atoms with Crippen molar-refractivity contribution >= 4 is 0 Å². The summed E-state index contributed by atoms with van der Waals surface area (Å²) in [5.41, 5.74) is 1.69. The Kier molecular flexibility index (Phi) is 2.57. The molecule has 1 aromatic heterocycles. The Bertz CT molecular complexity index is 516. The Morgan fingerprint density at radius 3 is 2.94 bits per heavy atom. The normalized spacial score (nSPS) is 19.6. The molecule has 0 aliphatic carbocycles. The molecular weight excluding hydrogens is 216 g/mol. The van der Waals surface area contributed by atoms with Crippen molar-refractivity contribution in [2.24, 2.45) is 0 Å². The van der Waals surface area contributed by atoms with Crippen LogP contribution in [0.2, 0.25) is 0 Å². The summed E-state index contributed by atoms with van der Waals surface area (Å²) >= 11 is 0. The number of benzene rings is 1. The quantitative estimate of drug-likeness (QED) is 0.829. The van der Waals surface area contributed by atoms with Gasteiger partial charge >= 0.3 is 0 Å². The summed E-state index contributed by atoms with van der Waals surface area (Å²) in [5.74, 6) is 1.49. The molecule has 2 heterocycles. The number of hydrogen-bond acceptors (Lipinski definition) is 4. The minimum Gasteiger partial charge on any atom is -0.507 e. The molecule has 2 N–H and O–H groups in total. The van der Waals surface area contributed by atoms with E-state index >= 15 is 0 Å². The van der Waals surface area contributed by atoms with E-state index in [4.69, 9.17) is 4.52 Å². The van der Waals surface area contributed by atoms with Gasteiger partial charge in [0.15, 0.2) is 0 Å². The van der Waals surface area contributed by atoms with Gasteiger partial charge in [0, 0.05) is 23.6 Å². The number of nitrogens with one attached hydrogen (secondary N) is 1. The van der Waals surface area contributed by atoms with Gasteiger partial charge in [-0.3, -0.25) is 0 Å². The Morgan fingerprint density at radius 1 is 1.29 bits per heavy atom. The molecule has 2 aromatic rings. The molecule has 1 saturated heterocycles.